The monoisotopic (exact) mass is 460 g/mol. The standard InChI is InChI=1S/C23H29BrN2O3/c1-22(2,3)17-13-15(24)11-12-19(17)29-14-20(27)25-18-10-8-7-9-16(18)21(28)26-23(4,5)6/h7-13H,14H2,1-6H3,(H,25,27)(H,26,28). The molecule has 29 heavy (non-hydrogen) atoms. The quantitative estimate of drug-likeness (QED) is 0.636. The number of carbonyl (C=O) groups is 2. The summed E-state index contributed by atoms with van der Waals surface area (Å²) >= 11 is 3.48. The molecule has 2 amide bonds. The average molecular weight is 461 g/mol. The largest absolute Gasteiger partial charge is 0.483 e. The highest BCUT2D eigenvalue weighted by Crippen LogP contribution is 2.33. The fourth-order valence-corrected chi connectivity index (χ4v) is 3.10. The zero-order valence-corrected chi connectivity index (χ0v) is 19.4. The summed E-state index contributed by atoms with van der Waals surface area (Å²) in [6.07, 6.45) is 0. The molecule has 2 N–H and O–H groups in total. The molecular formula is C23H29BrN2O3. The van der Waals surface area contributed by atoms with Crippen LogP contribution in [0.1, 0.15) is 57.5 Å². The molecule has 0 aliphatic rings. The topological polar surface area (TPSA) is 67.4 Å². The first-order valence-corrected chi connectivity index (χ1v) is 10.3. The van der Waals surface area contributed by atoms with Crippen LogP contribution in [0.15, 0.2) is 46.9 Å². The van der Waals surface area contributed by atoms with Crippen LogP contribution in [0.5, 0.6) is 5.75 Å². The van der Waals surface area contributed by atoms with Gasteiger partial charge in [-0.05, 0) is 56.5 Å². The number of hydrogen-bond donors (Lipinski definition) is 2. The van der Waals surface area contributed by atoms with E-state index >= 15 is 0 Å². The lowest BCUT2D eigenvalue weighted by Gasteiger charge is -2.23. The first kappa shape index (κ1) is 22.9. The Labute approximate surface area is 181 Å². The van der Waals surface area contributed by atoms with Gasteiger partial charge in [-0.25, -0.2) is 0 Å². The molecule has 0 bridgehead atoms. The zero-order valence-electron chi connectivity index (χ0n) is 17.9. The fourth-order valence-electron chi connectivity index (χ4n) is 2.74. The van der Waals surface area contributed by atoms with E-state index in [1.54, 1.807) is 24.3 Å². The van der Waals surface area contributed by atoms with E-state index in [1.165, 1.54) is 0 Å². The van der Waals surface area contributed by atoms with E-state index in [-0.39, 0.29) is 29.4 Å². The molecule has 2 aromatic rings. The van der Waals surface area contributed by atoms with E-state index in [1.807, 2.05) is 39.0 Å². The number of rotatable bonds is 5. The number of amides is 2. The van der Waals surface area contributed by atoms with Crippen LogP contribution in [0, 0.1) is 0 Å². The fraction of sp³-hybridized carbons (Fsp3) is 0.391. The van der Waals surface area contributed by atoms with E-state index in [0.717, 1.165) is 10.0 Å². The number of ether oxygens (including phenoxy) is 1. The van der Waals surface area contributed by atoms with Crippen LogP contribution in [-0.4, -0.2) is 24.0 Å². The SMILES string of the molecule is CC(C)(C)NC(=O)c1ccccc1NC(=O)COc1ccc(Br)cc1C(C)(C)C. The van der Waals surface area contributed by atoms with Crippen LogP contribution >= 0.6 is 15.9 Å². The molecule has 0 radical (unpaired) electrons. The van der Waals surface area contributed by atoms with Gasteiger partial charge in [0.2, 0.25) is 0 Å². The van der Waals surface area contributed by atoms with E-state index < -0.39 is 0 Å². The number of halogens is 1. The van der Waals surface area contributed by atoms with Crippen molar-refractivity contribution in [1.82, 2.24) is 5.32 Å². The molecule has 0 heterocycles. The molecule has 0 unspecified atom stereocenters. The minimum atomic E-state index is -0.373. The first-order valence-electron chi connectivity index (χ1n) is 9.51. The Hall–Kier alpha value is -2.34. The smallest absolute Gasteiger partial charge is 0.262 e. The molecule has 6 heteroatoms. The highest BCUT2D eigenvalue weighted by molar-refractivity contribution is 9.10. The molecule has 0 fully saturated rings. The summed E-state index contributed by atoms with van der Waals surface area (Å²) in [6, 6.07) is 12.7. The second kappa shape index (κ2) is 8.99. The molecule has 0 aliphatic heterocycles. The average Bonchev–Trinajstić information content (AvgIpc) is 2.58. The van der Waals surface area contributed by atoms with Crippen molar-refractivity contribution in [3.8, 4) is 5.75 Å². The molecule has 2 rings (SSSR count). The normalized spacial score (nSPS) is 11.7. The Balaban J connectivity index is 2.11. The lowest BCUT2D eigenvalue weighted by molar-refractivity contribution is -0.118. The number of hydrogen-bond acceptors (Lipinski definition) is 3. The maximum Gasteiger partial charge on any atom is 0.262 e. The van der Waals surface area contributed by atoms with Crippen molar-refractivity contribution in [3.05, 3.63) is 58.1 Å². The Bertz CT molecular complexity index is 896. The van der Waals surface area contributed by atoms with E-state index in [4.69, 9.17) is 4.74 Å². The molecule has 0 aromatic heterocycles. The van der Waals surface area contributed by atoms with Crippen molar-refractivity contribution < 1.29 is 14.3 Å². The molecule has 0 atom stereocenters. The Morgan fingerprint density at radius 3 is 2.28 bits per heavy atom. The van der Waals surface area contributed by atoms with E-state index in [0.29, 0.717) is 17.0 Å². The predicted molar refractivity (Wildman–Crippen MR) is 121 cm³/mol. The van der Waals surface area contributed by atoms with Gasteiger partial charge < -0.3 is 15.4 Å². The molecule has 0 spiro atoms. The minimum absolute atomic E-state index is 0.132. The summed E-state index contributed by atoms with van der Waals surface area (Å²) in [7, 11) is 0. The molecule has 0 saturated carbocycles. The van der Waals surface area contributed by atoms with Gasteiger partial charge in [0.1, 0.15) is 5.75 Å². The van der Waals surface area contributed by atoms with Gasteiger partial charge in [-0.3, -0.25) is 9.59 Å². The first-order chi connectivity index (χ1) is 13.4. The van der Waals surface area contributed by atoms with Gasteiger partial charge in [0, 0.05) is 15.6 Å². The predicted octanol–water partition coefficient (Wildman–Crippen LogP) is 5.29. The van der Waals surface area contributed by atoms with Crippen molar-refractivity contribution >= 4 is 33.4 Å². The van der Waals surface area contributed by atoms with Crippen LogP contribution in [0.2, 0.25) is 0 Å². The second-order valence-electron chi connectivity index (χ2n) is 8.98. The number of anilines is 1. The minimum Gasteiger partial charge on any atom is -0.483 e. The maximum atomic E-state index is 12.5. The summed E-state index contributed by atoms with van der Waals surface area (Å²) in [5.41, 5.74) is 1.37. The summed E-state index contributed by atoms with van der Waals surface area (Å²) in [6.45, 7) is 11.8. The summed E-state index contributed by atoms with van der Waals surface area (Å²) in [5.74, 6) is 0.0932. The summed E-state index contributed by atoms with van der Waals surface area (Å²) in [5, 5.41) is 5.69. The summed E-state index contributed by atoms with van der Waals surface area (Å²) < 4.78 is 6.76. The highest BCUT2D eigenvalue weighted by Gasteiger charge is 2.21. The number of para-hydroxylation sites is 1. The van der Waals surface area contributed by atoms with Crippen LogP contribution in [0.4, 0.5) is 5.69 Å². The van der Waals surface area contributed by atoms with Crippen LogP contribution in [0.3, 0.4) is 0 Å². The molecule has 2 aromatic carbocycles. The lowest BCUT2D eigenvalue weighted by atomic mass is 9.86. The van der Waals surface area contributed by atoms with Crippen molar-refractivity contribution in [2.45, 2.75) is 52.5 Å². The molecular weight excluding hydrogens is 432 g/mol. The second-order valence-corrected chi connectivity index (χ2v) is 9.89. The van der Waals surface area contributed by atoms with Gasteiger partial charge in [0.25, 0.3) is 11.8 Å². The highest BCUT2D eigenvalue weighted by atomic mass is 79.9. The van der Waals surface area contributed by atoms with Crippen molar-refractivity contribution in [2.75, 3.05) is 11.9 Å². The van der Waals surface area contributed by atoms with Gasteiger partial charge in [-0.15, -0.1) is 0 Å². The third-order valence-electron chi connectivity index (χ3n) is 4.04. The van der Waals surface area contributed by atoms with Crippen LogP contribution in [-0.2, 0) is 10.2 Å². The Morgan fingerprint density at radius 1 is 1.00 bits per heavy atom. The van der Waals surface area contributed by atoms with Gasteiger partial charge >= 0.3 is 0 Å². The van der Waals surface area contributed by atoms with E-state index in [9.17, 15) is 9.59 Å². The molecule has 0 saturated heterocycles. The van der Waals surface area contributed by atoms with Crippen molar-refractivity contribution in [1.29, 1.82) is 0 Å². The van der Waals surface area contributed by atoms with Crippen molar-refractivity contribution in [3.63, 3.8) is 0 Å². The van der Waals surface area contributed by atoms with Crippen molar-refractivity contribution in [2.24, 2.45) is 0 Å². The zero-order chi connectivity index (χ0) is 21.8. The summed E-state index contributed by atoms with van der Waals surface area (Å²) in [4.78, 5) is 25.0. The number of nitrogens with one attached hydrogen (secondary N) is 2. The van der Waals surface area contributed by atoms with E-state index in [2.05, 4.69) is 47.3 Å². The molecule has 156 valence electrons. The number of benzene rings is 2. The molecule has 5 nitrogen and oxygen atoms in total. The third kappa shape index (κ3) is 6.89. The Kier molecular flexibility index (Phi) is 7.11. The van der Waals surface area contributed by atoms with Gasteiger partial charge in [0.15, 0.2) is 6.61 Å². The van der Waals surface area contributed by atoms with Crippen LogP contribution in [0.25, 0.3) is 0 Å². The maximum absolute atomic E-state index is 12.5. The Morgan fingerprint density at radius 2 is 1.66 bits per heavy atom. The third-order valence-corrected chi connectivity index (χ3v) is 4.54. The number of carbonyl (C=O) groups excluding carboxylic acids is 2. The van der Waals surface area contributed by atoms with Gasteiger partial charge in [-0.2, -0.15) is 0 Å². The van der Waals surface area contributed by atoms with Gasteiger partial charge in [0.05, 0.1) is 11.3 Å². The van der Waals surface area contributed by atoms with Crippen LogP contribution < -0.4 is 15.4 Å². The lowest BCUT2D eigenvalue weighted by Crippen LogP contribution is -2.41. The van der Waals surface area contributed by atoms with Gasteiger partial charge in [-0.1, -0.05) is 48.8 Å². The molecule has 0 aliphatic carbocycles.